The average Bonchev–Trinajstić information content (AvgIpc) is 2.55. The van der Waals surface area contributed by atoms with E-state index >= 15 is 0 Å². The van der Waals surface area contributed by atoms with E-state index in [0.717, 1.165) is 36.7 Å². The van der Waals surface area contributed by atoms with Gasteiger partial charge in [0.2, 0.25) is 0 Å². The molecule has 0 fully saturated rings. The second-order valence-corrected chi connectivity index (χ2v) is 6.45. The molecule has 3 aromatic rings. The molecule has 24 heavy (non-hydrogen) atoms. The van der Waals surface area contributed by atoms with Gasteiger partial charge in [-0.1, -0.05) is 11.6 Å². The van der Waals surface area contributed by atoms with Crippen molar-refractivity contribution >= 4 is 17.2 Å². The minimum atomic E-state index is -0.118. The fraction of sp³-hybridized carbons (Fsp3) is 0.294. The molecule has 7 heteroatoms. The van der Waals surface area contributed by atoms with E-state index < -0.39 is 0 Å². The fourth-order valence-corrected chi connectivity index (χ4v) is 3.19. The van der Waals surface area contributed by atoms with Crippen molar-refractivity contribution in [3.05, 3.63) is 68.7 Å². The molecule has 0 saturated heterocycles. The molecule has 4 heterocycles. The molecular formula is C17H16ClN5O. The second-order valence-electron chi connectivity index (χ2n) is 6.01. The first kappa shape index (κ1) is 15.2. The third-order valence-corrected chi connectivity index (χ3v) is 4.43. The molecule has 1 aliphatic rings. The van der Waals surface area contributed by atoms with Crippen LogP contribution < -0.4 is 5.56 Å². The van der Waals surface area contributed by atoms with Crippen LogP contribution in [0.5, 0.6) is 0 Å². The van der Waals surface area contributed by atoms with Gasteiger partial charge < -0.3 is 0 Å². The van der Waals surface area contributed by atoms with Gasteiger partial charge in [-0.05, 0) is 31.0 Å². The fourth-order valence-electron chi connectivity index (χ4n) is 3.03. The molecule has 0 aromatic carbocycles. The minimum absolute atomic E-state index is 0.118. The number of fused-ring (bicyclic) bond motifs is 2. The van der Waals surface area contributed by atoms with Crippen molar-refractivity contribution in [3.8, 4) is 0 Å². The quantitative estimate of drug-likeness (QED) is 0.713. The van der Waals surface area contributed by atoms with Gasteiger partial charge in [-0.2, -0.15) is 0 Å². The number of aryl methyl sites for hydroxylation is 1. The minimum Gasteiger partial charge on any atom is -0.291 e. The smallest absolute Gasteiger partial charge is 0.258 e. The van der Waals surface area contributed by atoms with Crippen molar-refractivity contribution in [1.82, 2.24) is 24.3 Å². The molecule has 0 amide bonds. The van der Waals surface area contributed by atoms with Crippen LogP contribution in [0.2, 0.25) is 5.02 Å². The van der Waals surface area contributed by atoms with Crippen molar-refractivity contribution in [2.45, 2.75) is 26.4 Å². The molecule has 1 aliphatic heterocycles. The zero-order valence-electron chi connectivity index (χ0n) is 13.2. The molecule has 0 bridgehead atoms. The maximum atomic E-state index is 12.3. The van der Waals surface area contributed by atoms with E-state index in [1.807, 2.05) is 13.1 Å². The predicted molar refractivity (Wildman–Crippen MR) is 91.1 cm³/mol. The van der Waals surface area contributed by atoms with Gasteiger partial charge in [0, 0.05) is 38.1 Å². The third-order valence-electron chi connectivity index (χ3n) is 4.21. The van der Waals surface area contributed by atoms with Gasteiger partial charge >= 0.3 is 0 Å². The Labute approximate surface area is 143 Å². The molecule has 6 nitrogen and oxygen atoms in total. The highest BCUT2D eigenvalue weighted by atomic mass is 35.5. The van der Waals surface area contributed by atoms with Gasteiger partial charge in [0.25, 0.3) is 5.56 Å². The predicted octanol–water partition coefficient (Wildman–Crippen LogP) is 2.00. The van der Waals surface area contributed by atoms with Gasteiger partial charge in [0.05, 0.1) is 16.4 Å². The summed E-state index contributed by atoms with van der Waals surface area (Å²) in [6.45, 7) is 4.18. The lowest BCUT2D eigenvalue weighted by molar-refractivity contribution is 0.238. The summed E-state index contributed by atoms with van der Waals surface area (Å²) in [5.74, 6) is 0.787. The molecule has 0 saturated carbocycles. The standard InChI is InChI=1S/C17H16ClN5O/c1-11-19-7-12-4-5-22(10-15(12)20-11)9-14-6-17(24)23-8-13(18)2-3-16(23)21-14/h2-3,6-8H,4-5,9-10H2,1H3. The van der Waals surface area contributed by atoms with Crippen LogP contribution in [-0.4, -0.2) is 30.8 Å². The van der Waals surface area contributed by atoms with E-state index in [4.69, 9.17) is 11.6 Å². The lowest BCUT2D eigenvalue weighted by atomic mass is 10.1. The Bertz CT molecular complexity index is 984. The van der Waals surface area contributed by atoms with Crippen LogP contribution in [0.3, 0.4) is 0 Å². The van der Waals surface area contributed by atoms with Gasteiger partial charge in [-0.15, -0.1) is 0 Å². The summed E-state index contributed by atoms with van der Waals surface area (Å²) >= 11 is 5.94. The zero-order valence-corrected chi connectivity index (χ0v) is 14.0. The Morgan fingerprint density at radius 2 is 2.17 bits per heavy atom. The van der Waals surface area contributed by atoms with Crippen LogP contribution in [0.4, 0.5) is 0 Å². The summed E-state index contributed by atoms with van der Waals surface area (Å²) in [5, 5.41) is 0.516. The van der Waals surface area contributed by atoms with Crippen molar-refractivity contribution < 1.29 is 0 Å². The number of hydrogen-bond acceptors (Lipinski definition) is 5. The Morgan fingerprint density at radius 1 is 1.29 bits per heavy atom. The maximum Gasteiger partial charge on any atom is 0.258 e. The summed E-state index contributed by atoms with van der Waals surface area (Å²) in [5.41, 5.74) is 3.53. The molecule has 122 valence electrons. The summed E-state index contributed by atoms with van der Waals surface area (Å²) in [6, 6.07) is 5.07. The third kappa shape index (κ3) is 2.90. The van der Waals surface area contributed by atoms with Gasteiger partial charge in [0.1, 0.15) is 11.5 Å². The van der Waals surface area contributed by atoms with Crippen molar-refractivity contribution in [2.24, 2.45) is 0 Å². The first-order valence-electron chi connectivity index (χ1n) is 7.80. The summed E-state index contributed by atoms with van der Waals surface area (Å²) in [6.07, 6.45) is 4.42. The van der Waals surface area contributed by atoms with Crippen LogP contribution in [0.25, 0.3) is 5.65 Å². The van der Waals surface area contributed by atoms with Crippen LogP contribution in [0.15, 0.2) is 35.4 Å². The van der Waals surface area contributed by atoms with Crippen LogP contribution in [-0.2, 0) is 19.5 Å². The van der Waals surface area contributed by atoms with E-state index in [1.54, 1.807) is 24.4 Å². The van der Waals surface area contributed by atoms with Crippen LogP contribution in [0.1, 0.15) is 22.8 Å². The largest absolute Gasteiger partial charge is 0.291 e. The maximum absolute atomic E-state index is 12.3. The molecule has 0 spiro atoms. The highest BCUT2D eigenvalue weighted by molar-refractivity contribution is 6.30. The monoisotopic (exact) mass is 341 g/mol. The van der Waals surface area contributed by atoms with E-state index in [1.165, 1.54) is 9.96 Å². The zero-order chi connectivity index (χ0) is 16.7. The molecule has 4 rings (SSSR count). The van der Waals surface area contributed by atoms with E-state index in [9.17, 15) is 4.79 Å². The van der Waals surface area contributed by atoms with E-state index in [2.05, 4.69) is 19.9 Å². The SMILES string of the molecule is Cc1ncc2c(n1)CN(Cc1cc(=O)n3cc(Cl)ccc3n1)CC2. The lowest BCUT2D eigenvalue weighted by Crippen LogP contribution is -2.32. The van der Waals surface area contributed by atoms with Crippen LogP contribution >= 0.6 is 11.6 Å². The number of hydrogen-bond donors (Lipinski definition) is 0. The summed E-state index contributed by atoms with van der Waals surface area (Å²) < 4.78 is 1.47. The van der Waals surface area contributed by atoms with Crippen molar-refractivity contribution in [3.63, 3.8) is 0 Å². The van der Waals surface area contributed by atoms with Crippen molar-refractivity contribution in [1.29, 1.82) is 0 Å². The second kappa shape index (κ2) is 5.96. The van der Waals surface area contributed by atoms with Gasteiger partial charge in [-0.3, -0.25) is 14.1 Å². The molecule has 0 unspecified atom stereocenters. The number of aromatic nitrogens is 4. The Hall–Kier alpha value is -2.31. The lowest BCUT2D eigenvalue weighted by Gasteiger charge is -2.27. The van der Waals surface area contributed by atoms with E-state index in [-0.39, 0.29) is 5.56 Å². The summed E-state index contributed by atoms with van der Waals surface area (Å²) in [7, 11) is 0. The molecular weight excluding hydrogens is 326 g/mol. The molecule has 3 aromatic heterocycles. The highest BCUT2D eigenvalue weighted by Gasteiger charge is 2.19. The van der Waals surface area contributed by atoms with Gasteiger partial charge in [-0.25, -0.2) is 15.0 Å². The van der Waals surface area contributed by atoms with E-state index in [0.29, 0.717) is 17.2 Å². The Kier molecular flexibility index (Phi) is 3.78. The summed E-state index contributed by atoms with van der Waals surface area (Å²) in [4.78, 5) is 27.9. The first-order valence-corrected chi connectivity index (χ1v) is 8.18. The Balaban J connectivity index is 1.61. The molecule has 0 N–H and O–H groups in total. The van der Waals surface area contributed by atoms with Crippen molar-refractivity contribution in [2.75, 3.05) is 6.54 Å². The van der Waals surface area contributed by atoms with Gasteiger partial charge in [0.15, 0.2) is 0 Å². The molecule has 0 radical (unpaired) electrons. The number of halogens is 1. The Morgan fingerprint density at radius 3 is 3.04 bits per heavy atom. The normalized spacial score (nSPS) is 14.8. The van der Waals surface area contributed by atoms with Crippen LogP contribution in [0, 0.1) is 6.92 Å². The average molecular weight is 342 g/mol. The molecule has 0 atom stereocenters. The molecule has 0 aliphatic carbocycles. The number of rotatable bonds is 2. The topological polar surface area (TPSA) is 63.4 Å². The highest BCUT2D eigenvalue weighted by Crippen LogP contribution is 2.18. The number of nitrogens with zero attached hydrogens (tertiary/aromatic N) is 5. The number of pyridine rings is 1. The first-order chi connectivity index (χ1) is 11.6.